The van der Waals surface area contributed by atoms with Crippen LogP contribution in [-0.2, 0) is 0 Å². The second kappa shape index (κ2) is 6.47. The predicted molar refractivity (Wildman–Crippen MR) is 82.1 cm³/mol. The molecule has 1 heterocycles. The molecule has 3 N–H and O–H groups in total. The molecule has 0 aliphatic carbocycles. The first-order valence-corrected chi connectivity index (χ1v) is 7.21. The number of carbonyl (C=O) groups is 2. The number of aryl methyl sites for hydroxylation is 1. The number of amides is 3. The van der Waals surface area contributed by atoms with Gasteiger partial charge in [0.15, 0.2) is 0 Å². The molecule has 2 rings (SSSR count). The summed E-state index contributed by atoms with van der Waals surface area (Å²) in [5, 5.41) is 2.77. The van der Waals surface area contributed by atoms with Gasteiger partial charge in [-0.3, -0.25) is 4.79 Å². The van der Waals surface area contributed by atoms with Crippen molar-refractivity contribution in [3.63, 3.8) is 0 Å². The van der Waals surface area contributed by atoms with Crippen LogP contribution in [0.3, 0.4) is 0 Å². The number of benzene rings is 1. The van der Waals surface area contributed by atoms with Crippen LogP contribution in [-0.4, -0.2) is 54.5 Å². The van der Waals surface area contributed by atoms with Crippen LogP contribution in [0.1, 0.15) is 22.8 Å². The van der Waals surface area contributed by atoms with Crippen LogP contribution in [0.15, 0.2) is 18.2 Å². The zero-order valence-corrected chi connectivity index (χ0v) is 12.6. The number of hydrogen-bond donors (Lipinski definition) is 2. The lowest BCUT2D eigenvalue weighted by Crippen LogP contribution is -2.53. The van der Waals surface area contributed by atoms with E-state index in [0.717, 1.165) is 5.56 Å². The lowest BCUT2D eigenvalue weighted by atomic mass is 10.1. The molecule has 0 aromatic heterocycles. The SMILES string of the molecule is CCNC(=O)N1CCN(C(=O)c2cc(C)ccc2N)CC1. The summed E-state index contributed by atoms with van der Waals surface area (Å²) >= 11 is 0. The van der Waals surface area contributed by atoms with Crippen molar-refractivity contribution < 1.29 is 9.59 Å². The molecule has 0 unspecified atom stereocenters. The second-order valence-corrected chi connectivity index (χ2v) is 5.21. The highest BCUT2D eigenvalue weighted by Gasteiger charge is 2.25. The Kier molecular flexibility index (Phi) is 4.67. The average Bonchev–Trinajstić information content (AvgIpc) is 2.49. The smallest absolute Gasteiger partial charge is 0.317 e. The van der Waals surface area contributed by atoms with Crippen molar-refractivity contribution in [2.75, 3.05) is 38.5 Å². The van der Waals surface area contributed by atoms with E-state index in [4.69, 9.17) is 5.73 Å². The Bertz CT molecular complexity index is 536. The number of carbonyl (C=O) groups excluding carboxylic acids is 2. The molecule has 0 atom stereocenters. The highest BCUT2D eigenvalue weighted by molar-refractivity contribution is 5.99. The molecule has 1 aliphatic rings. The van der Waals surface area contributed by atoms with Gasteiger partial charge >= 0.3 is 6.03 Å². The third kappa shape index (κ3) is 3.45. The first-order chi connectivity index (χ1) is 10.0. The van der Waals surface area contributed by atoms with Crippen molar-refractivity contribution in [3.8, 4) is 0 Å². The maximum atomic E-state index is 12.5. The summed E-state index contributed by atoms with van der Waals surface area (Å²) in [5.74, 6) is -0.0632. The summed E-state index contributed by atoms with van der Waals surface area (Å²) in [6.45, 7) is 6.58. The van der Waals surface area contributed by atoms with Gasteiger partial charge in [-0.2, -0.15) is 0 Å². The van der Waals surface area contributed by atoms with Crippen molar-refractivity contribution in [1.82, 2.24) is 15.1 Å². The lowest BCUT2D eigenvalue weighted by Gasteiger charge is -2.34. The van der Waals surface area contributed by atoms with E-state index in [-0.39, 0.29) is 11.9 Å². The van der Waals surface area contributed by atoms with Crippen LogP contribution in [0.4, 0.5) is 10.5 Å². The minimum absolute atomic E-state index is 0.0632. The van der Waals surface area contributed by atoms with Crippen LogP contribution >= 0.6 is 0 Å². The van der Waals surface area contributed by atoms with Crippen molar-refractivity contribution in [2.45, 2.75) is 13.8 Å². The monoisotopic (exact) mass is 290 g/mol. The molecule has 0 bridgehead atoms. The van der Waals surface area contributed by atoms with Gasteiger partial charge in [0, 0.05) is 38.4 Å². The molecule has 1 aromatic carbocycles. The number of hydrogen-bond acceptors (Lipinski definition) is 3. The number of nitrogens with one attached hydrogen (secondary N) is 1. The fraction of sp³-hybridized carbons (Fsp3) is 0.467. The Morgan fingerprint density at radius 3 is 2.43 bits per heavy atom. The fourth-order valence-electron chi connectivity index (χ4n) is 2.40. The van der Waals surface area contributed by atoms with Crippen LogP contribution in [0.2, 0.25) is 0 Å². The molecule has 6 heteroatoms. The predicted octanol–water partition coefficient (Wildman–Crippen LogP) is 1.06. The molecule has 6 nitrogen and oxygen atoms in total. The van der Waals surface area contributed by atoms with Crippen molar-refractivity contribution in [1.29, 1.82) is 0 Å². The van der Waals surface area contributed by atoms with Crippen LogP contribution < -0.4 is 11.1 Å². The van der Waals surface area contributed by atoms with Crippen molar-refractivity contribution in [2.24, 2.45) is 0 Å². The molecule has 21 heavy (non-hydrogen) atoms. The van der Waals surface area contributed by atoms with Gasteiger partial charge in [-0.15, -0.1) is 0 Å². The van der Waals surface area contributed by atoms with Crippen molar-refractivity contribution in [3.05, 3.63) is 29.3 Å². The summed E-state index contributed by atoms with van der Waals surface area (Å²) in [4.78, 5) is 27.7. The van der Waals surface area contributed by atoms with Gasteiger partial charge in [0.05, 0.1) is 5.56 Å². The summed E-state index contributed by atoms with van der Waals surface area (Å²) in [6.07, 6.45) is 0. The van der Waals surface area contributed by atoms with Gasteiger partial charge in [0.1, 0.15) is 0 Å². The van der Waals surface area contributed by atoms with E-state index in [0.29, 0.717) is 44.0 Å². The van der Waals surface area contributed by atoms with E-state index in [1.807, 2.05) is 26.0 Å². The molecule has 114 valence electrons. The minimum Gasteiger partial charge on any atom is -0.398 e. The van der Waals surface area contributed by atoms with Gasteiger partial charge in [-0.05, 0) is 26.0 Å². The number of piperazine rings is 1. The minimum atomic E-state index is -0.0698. The topological polar surface area (TPSA) is 78.7 Å². The summed E-state index contributed by atoms with van der Waals surface area (Å²) < 4.78 is 0. The molecule has 0 radical (unpaired) electrons. The number of nitrogen functional groups attached to an aromatic ring is 1. The normalized spacial score (nSPS) is 15.0. The van der Waals surface area contributed by atoms with E-state index in [2.05, 4.69) is 5.32 Å². The Hall–Kier alpha value is -2.24. The number of nitrogens with two attached hydrogens (primary N) is 1. The maximum Gasteiger partial charge on any atom is 0.317 e. The standard InChI is InChI=1S/C15H22N4O2/c1-3-17-15(21)19-8-6-18(7-9-19)14(20)12-10-11(2)4-5-13(12)16/h4-5,10H,3,6-9,16H2,1-2H3,(H,17,21). The quantitative estimate of drug-likeness (QED) is 0.800. The van der Waals surface area contributed by atoms with Gasteiger partial charge in [0.25, 0.3) is 5.91 Å². The fourth-order valence-corrected chi connectivity index (χ4v) is 2.40. The van der Waals surface area contributed by atoms with E-state index in [1.165, 1.54) is 0 Å². The molecular formula is C15H22N4O2. The molecule has 1 saturated heterocycles. The van der Waals surface area contributed by atoms with E-state index >= 15 is 0 Å². The van der Waals surface area contributed by atoms with E-state index in [1.54, 1.807) is 15.9 Å². The summed E-state index contributed by atoms with van der Waals surface area (Å²) in [7, 11) is 0. The second-order valence-electron chi connectivity index (χ2n) is 5.21. The summed E-state index contributed by atoms with van der Waals surface area (Å²) in [5.41, 5.74) is 7.94. The molecule has 1 fully saturated rings. The molecule has 1 aliphatic heterocycles. The molecule has 1 aromatic rings. The van der Waals surface area contributed by atoms with Gasteiger partial charge in [-0.1, -0.05) is 11.6 Å². The molecule has 0 spiro atoms. The highest BCUT2D eigenvalue weighted by atomic mass is 16.2. The Balaban J connectivity index is 2.00. The number of nitrogens with zero attached hydrogens (tertiary/aromatic N) is 2. The maximum absolute atomic E-state index is 12.5. The molecule has 0 saturated carbocycles. The average molecular weight is 290 g/mol. The third-order valence-electron chi connectivity index (χ3n) is 3.62. The van der Waals surface area contributed by atoms with Crippen LogP contribution in [0.5, 0.6) is 0 Å². The Labute approximate surface area is 124 Å². The number of anilines is 1. The first-order valence-electron chi connectivity index (χ1n) is 7.21. The van der Waals surface area contributed by atoms with Crippen molar-refractivity contribution >= 4 is 17.6 Å². The number of urea groups is 1. The lowest BCUT2D eigenvalue weighted by molar-refractivity contribution is 0.0666. The zero-order valence-electron chi connectivity index (χ0n) is 12.6. The Morgan fingerprint density at radius 1 is 1.19 bits per heavy atom. The molecular weight excluding hydrogens is 268 g/mol. The van der Waals surface area contributed by atoms with E-state index in [9.17, 15) is 9.59 Å². The zero-order chi connectivity index (χ0) is 15.4. The first kappa shape index (κ1) is 15.2. The largest absolute Gasteiger partial charge is 0.398 e. The highest BCUT2D eigenvalue weighted by Crippen LogP contribution is 2.17. The van der Waals surface area contributed by atoms with Gasteiger partial charge in [-0.25, -0.2) is 4.79 Å². The number of rotatable bonds is 2. The summed E-state index contributed by atoms with van der Waals surface area (Å²) in [6, 6.07) is 5.39. The van der Waals surface area contributed by atoms with E-state index < -0.39 is 0 Å². The third-order valence-corrected chi connectivity index (χ3v) is 3.62. The Morgan fingerprint density at radius 2 is 1.81 bits per heavy atom. The van der Waals surface area contributed by atoms with Crippen LogP contribution in [0, 0.1) is 6.92 Å². The van der Waals surface area contributed by atoms with Gasteiger partial charge < -0.3 is 20.9 Å². The van der Waals surface area contributed by atoms with Crippen LogP contribution in [0.25, 0.3) is 0 Å². The molecule has 3 amide bonds. The van der Waals surface area contributed by atoms with Gasteiger partial charge in [0.2, 0.25) is 0 Å².